The summed E-state index contributed by atoms with van der Waals surface area (Å²) in [6, 6.07) is 5.61. The minimum absolute atomic E-state index is 0.144. The first-order valence-corrected chi connectivity index (χ1v) is 9.02. The van der Waals surface area contributed by atoms with Gasteiger partial charge in [0, 0.05) is 0 Å². The van der Waals surface area contributed by atoms with Gasteiger partial charge in [0.1, 0.15) is 6.04 Å². The van der Waals surface area contributed by atoms with Crippen LogP contribution in [-0.2, 0) is 19.6 Å². The quantitative estimate of drug-likeness (QED) is 0.588. The van der Waals surface area contributed by atoms with Crippen LogP contribution in [0.2, 0.25) is 0 Å². The van der Waals surface area contributed by atoms with Crippen LogP contribution in [0.4, 0.5) is 0 Å². The number of carbonyl (C=O) groups is 1. The molecule has 1 aromatic rings. The number of hydrogen-bond acceptors (Lipinski definition) is 4. The summed E-state index contributed by atoms with van der Waals surface area (Å²) in [6.07, 6.45) is 1.68. The molecule has 0 aromatic heterocycles. The molecule has 0 aliphatic heterocycles. The summed E-state index contributed by atoms with van der Waals surface area (Å²) in [5.41, 5.74) is 0.971. The highest BCUT2D eigenvalue weighted by Gasteiger charge is 2.29. The van der Waals surface area contributed by atoms with Gasteiger partial charge < -0.3 is 4.74 Å². The number of aryl methyl sites for hydroxylation is 1. The SMILES string of the molecule is CCCCOC(=O)C(NS(=O)(=O)c1ccc(C)cc1)C(C)C. The maximum absolute atomic E-state index is 12.4. The van der Waals surface area contributed by atoms with Gasteiger partial charge in [-0.25, -0.2) is 8.42 Å². The molecule has 0 saturated heterocycles. The summed E-state index contributed by atoms with van der Waals surface area (Å²) in [4.78, 5) is 12.2. The predicted molar refractivity (Wildman–Crippen MR) is 86.0 cm³/mol. The van der Waals surface area contributed by atoms with E-state index in [1.54, 1.807) is 26.0 Å². The molecule has 0 aliphatic carbocycles. The van der Waals surface area contributed by atoms with Crippen molar-refractivity contribution in [3.63, 3.8) is 0 Å². The van der Waals surface area contributed by atoms with Gasteiger partial charge in [-0.15, -0.1) is 0 Å². The Labute approximate surface area is 133 Å². The van der Waals surface area contributed by atoms with Gasteiger partial charge in [0.15, 0.2) is 0 Å². The van der Waals surface area contributed by atoms with Gasteiger partial charge in [-0.3, -0.25) is 4.79 Å². The summed E-state index contributed by atoms with van der Waals surface area (Å²) in [6.45, 7) is 7.75. The number of rotatable bonds is 8. The molecule has 6 heteroatoms. The molecule has 22 heavy (non-hydrogen) atoms. The maximum atomic E-state index is 12.4. The number of unbranched alkanes of at least 4 members (excludes halogenated alkanes) is 1. The molecule has 1 aromatic carbocycles. The molecule has 1 atom stereocenters. The van der Waals surface area contributed by atoms with Gasteiger partial charge in [-0.05, 0) is 31.4 Å². The van der Waals surface area contributed by atoms with E-state index in [-0.39, 0.29) is 10.8 Å². The lowest BCUT2D eigenvalue weighted by molar-refractivity contribution is -0.146. The molecule has 0 amide bonds. The molecule has 0 fully saturated rings. The van der Waals surface area contributed by atoms with Crippen molar-refractivity contribution in [1.82, 2.24) is 4.72 Å². The summed E-state index contributed by atoms with van der Waals surface area (Å²) in [5.74, 6) is -0.728. The Hall–Kier alpha value is -1.40. The monoisotopic (exact) mass is 327 g/mol. The van der Waals surface area contributed by atoms with Gasteiger partial charge >= 0.3 is 5.97 Å². The summed E-state index contributed by atoms with van der Waals surface area (Å²) in [5, 5.41) is 0. The van der Waals surface area contributed by atoms with Crippen LogP contribution >= 0.6 is 0 Å². The van der Waals surface area contributed by atoms with Crippen molar-refractivity contribution in [2.75, 3.05) is 6.61 Å². The van der Waals surface area contributed by atoms with E-state index in [0.717, 1.165) is 18.4 Å². The average Bonchev–Trinajstić information content (AvgIpc) is 2.45. The van der Waals surface area contributed by atoms with Crippen molar-refractivity contribution < 1.29 is 17.9 Å². The molecule has 0 heterocycles. The van der Waals surface area contributed by atoms with E-state index in [1.807, 2.05) is 13.8 Å². The Morgan fingerprint density at radius 3 is 2.32 bits per heavy atom. The number of sulfonamides is 1. The summed E-state index contributed by atoms with van der Waals surface area (Å²) in [7, 11) is -3.75. The van der Waals surface area contributed by atoms with Crippen molar-refractivity contribution in [2.45, 2.75) is 51.5 Å². The average molecular weight is 327 g/mol. The number of hydrogen-bond donors (Lipinski definition) is 1. The lowest BCUT2D eigenvalue weighted by Crippen LogP contribution is -2.45. The first kappa shape index (κ1) is 18.6. The van der Waals surface area contributed by atoms with E-state index in [0.29, 0.717) is 6.61 Å². The predicted octanol–water partition coefficient (Wildman–Crippen LogP) is 2.64. The second kappa shape index (κ2) is 8.29. The lowest BCUT2D eigenvalue weighted by atomic mass is 10.1. The smallest absolute Gasteiger partial charge is 0.324 e. The lowest BCUT2D eigenvalue weighted by Gasteiger charge is -2.20. The largest absolute Gasteiger partial charge is 0.464 e. The highest BCUT2D eigenvalue weighted by atomic mass is 32.2. The van der Waals surface area contributed by atoms with Gasteiger partial charge in [0.05, 0.1) is 11.5 Å². The second-order valence-corrected chi connectivity index (χ2v) is 7.39. The molecule has 0 radical (unpaired) electrons. The molecule has 1 unspecified atom stereocenters. The van der Waals surface area contributed by atoms with Crippen LogP contribution in [0.1, 0.15) is 39.2 Å². The molecule has 0 saturated carbocycles. The molecular formula is C16H25NO4S. The van der Waals surface area contributed by atoms with Gasteiger partial charge in [-0.2, -0.15) is 4.72 Å². The fraction of sp³-hybridized carbons (Fsp3) is 0.562. The Bertz CT molecular complexity index is 579. The van der Waals surface area contributed by atoms with E-state index in [1.165, 1.54) is 12.1 Å². The van der Waals surface area contributed by atoms with Crippen molar-refractivity contribution in [3.05, 3.63) is 29.8 Å². The molecular weight excluding hydrogens is 302 g/mol. The first-order valence-electron chi connectivity index (χ1n) is 7.53. The zero-order valence-electron chi connectivity index (χ0n) is 13.6. The fourth-order valence-electron chi connectivity index (χ4n) is 1.82. The second-order valence-electron chi connectivity index (χ2n) is 5.68. The minimum atomic E-state index is -3.75. The van der Waals surface area contributed by atoms with Crippen molar-refractivity contribution in [2.24, 2.45) is 5.92 Å². The summed E-state index contributed by atoms with van der Waals surface area (Å²) >= 11 is 0. The standard InChI is InChI=1S/C16H25NO4S/c1-5-6-11-21-16(18)15(12(2)3)17-22(19,20)14-9-7-13(4)8-10-14/h7-10,12,15,17H,5-6,11H2,1-4H3. The molecule has 1 N–H and O–H groups in total. The third-order valence-electron chi connectivity index (χ3n) is 3.28. The number of benzene rings is 1. The van der Waals surface area contributed by atoms with E-state index >= 15 is 0 Å². The highest BCUT2D eigenvalue weighted by Crippen LogP contribution is 2.13. The van der Waals surface area contributed by atoms with Gasteiger partial charge in [0.2, 0.25) is 10.0 Å². The highest BCUT2D eigenvalue weighted by molar-refractivity contribution is 7.89. The molecule has 5 nitrogen and oxygen atoms in total. The Kier molecular flexibility index (Phi) is 7.03. The number of carbonyl (C=O) groups excluding carboxylic acids is 1. The number of esters is 1. The van der Waals surface area contributed by atoms with Crippen LogP contribution < -0.4 is 4.72 Å². The Balaban J connectivity index is 2.85. The maximum Gasteiger partial charge on any atom is 0.324 e. The molecule has 124 valence electrons. The van der Waals surface area contributed by atoms with Gasteiger partial charge in [-0.1, -0.05) is 44.9 Å². The van der Waals surface area contributed by atoms with Crippen molar-refractivity contribution in [3.8, 4) is 0 Å². The van der Waals surface area contributed by atoms with E-state index in [2.05, 4.69) is 4.72 Å². The Morgan fingerprint density at radius 2 is 1.82 bits per heavy atom. The minimum Gasteiger partial charge on any atom is -0.464 e. The van der Waals surface area contributed by atoms with E-state index < -0.39 is 22.0 Å². The number of ether oxygens (including phenoxy) is 1. The van der Waals surface area contributed by atoms with Crippen LogP contribution in [0.15, 0.2) is 29.2 Å². The van der Waals surface area contributed by atoms with Gasteiger partial charge in [0.25, 0.3) is 0 Å². The van der Waals surface area contributed by atoms with Crippen LogP contribution in [0.25, 0.3) is 0 Å². The zero-order chi connectivity index (χ0) is 16.8. The van der Waals surface area contributed by atoms with Crippen molar-refractivity contribution in [1.29, 1.82) is 0 Å². The molecule has 0 bridgehead atoms. The normalized spacial score (nSPS) is 13.1. The van der Waals surface area contributed by atoms with Crippen LogP contribution in [-0.4, -0.2) is 27.0 Å². The molecule has 0 spiro atoms. The number of nitrogens with one attached hydrogen (secondary N) is 1. The Morgan fingerprint density at radius 1 is 1.23 bits per heavy atom. The van der Waals surface area contributed by atoms with Crippen LogP contribution in [0.5, 0.6) is 0 Å². The topological polar surface area (TPSA) is 72.5 Å². The van der Waals surface area contributed by atoms with Crippen molar-refractivity contribution >= 4 is 16.0 Å². The first-order chi connectivity index (χ1) is 10.3. The fourth-order valence-corrected chi connectivity index (χ4v) is 3.15. The third-order valence-corrected chi connectivity index (χ3v) is 4.73. The van der Waals surface area contributed by atoms with E-state index in [9.17, 15) is 13.2 Å². The zero-order valence-corrected chi connectivity index (χ0v) is 14.4. The van der Waals surface area contributed by atoms with Crippen LogP contribution in [0, 0.1) is 12.8 Å². The third kappa shape index (κ3) is 5.42. The van der Waals surface area contributed by atoms with E-state index in [4.69, 9.17) is 4.74 Å². The molecule has 1 rings (SSSR count). The summed E-state index contributed by atoms with van der Waals surface area (Å²) < 4.78 is 32.3. The molecule has 0 aliphatic rings. The van der Waals surface area contributed by atoms with Crippen LogP contribution in [0.3, 0.4) is 0 Å².